The average molecular weight is 343 g/mol. The third-order valence-corrected chi connectivity index (χ3v) is 4.79. The zero-order chi connectivity index (χ0) is 18.0. The minimum absolute atomic E-state index is 0.167. The van der Waals surface area contributed by atoms with Gasteiger partial charge in [0.15, 0.2) is 0 Å². The number of nitrogens with zero attached hydrogens (tertiary/aromatic N) is 2. The first-order chi connectivity index (χ1) is 12.0. The number of rotatable bonds is 5. The molecule has 2 aliphatic rings. The summed E-state index contributed by atoms with van der Waals surface area (Å²) in [5.74, 6) is -0.529. The molecule has 0 bridgehead atoms. The summed E-state index contributed by atoms with van der Waals surface area (Å²) >= 11 is 0. The number of anilines is 1. The quantitative estimate of drug-likeness (QED) is 0.798. The third-order valence-electron chi connectivity index (χ3n) is 4.79. The van der Waals surface area contributed by atoms with Crippen molar-refractivity contribution in [3.63, 3.8) is 0 Å². The minimum atomic E-state index is -0.669. The Balaban J connectivity index is 1.58. The van der Waals surface area contributed by atoms with Gasteiger partial charge in [-0.25, -0.2) is 0 Å². The fourth-order valence-electron chi connectivity index (χ4n) is 3.29. The summed E-state index contributed by atoms with van der Waals surface area (Å²) in [5.41, 5.74) is 7.20. The van der Waals surface area contributed by atoms with Crippen LogP contribution in [0.2, 0.25) is 0 Å². The molecule has 1 aromatic rings. The highest BCUT2D eigenvalue weighted by Gasteiger charge is 2.40. The number of piperidine rings is 1. The summed E-state index contributed by atoms with van der Waals surface area (Å²) < 4.78 is 0. The second-order valence-corrected chi connectivity index (χ2v) is 6.52. The molecule has 2 heterocycles. The lowest BCUT2D eigenvalue weighted by atomic mass is 10.1. The first kappa shape index (κ1) is 17.4. The Morgan fingerprint density at radius 2 is 1.96 bits per heavy atom. The fraction of sp³-hybridized carbons (Fsp3) is 0.444. The zero-order valence-corrected chi connectivity index (χ0v) is 14.3. The molecule has 0 aliphatic carbocycles. The van der Waals surface area contributed by atoms with Crippen molar-refractivity contribution in [2.45, 2.75) is 37.9 Å². The van der Waals surface area contributed by atoms with E-state index in [1.165, 1.54) is 4.90 Å². The molecule has 25 heavy (non-hydrogen) atoms. The van der Waals surface area contributed by atoms with Crippen LogP contribution in [0.3, 0.4) is 0 Å². The smallest absolute Gasteiger partial charge is 0.240 e. The summed E-state index contributed by atoms with van der Waals surface area (Å²) in [5, 5.41) is 3.14. The molecule has 2 fully saturated rings. The minimum Gasteiger partial charge on any atom is -0.368 e. The first-order valence-electron chi connectivity index (χ1n) is 8.51. The number of likely N-dealkylation sites (tertiary alicyclic amines) is 1. The van der Waals surface area contributed by atoms with Gasteiger partial charge in [-0.15, -0.1) is 0 Å². The number of likely N-dealkylation sites (N-methyl/N-ethyl adjacent to an activating group) is 1. The zero-order valence-electron chi connectivity index (χ0n) is 14.3. The van der Waals surface area contributed by atoms with Gasteiger partial charge < -0.3 is 20.9 Å². The van der Waals surface area contributed by atoms with E-state index < -0.39 is 18.0 Å². The van der Waals surface area contributed by atoms with Gasteiger partial charge >= 0.3 is 0 Å². The van der Waals surface area contributed by atoms with E-state index in [0.29, 0.717) is 13.0 Å². The van der Waals surface area contributed by atoms with Crippen LogP contribution in [-0.4, -0.2) is 48.3 Å². The van der Waals surface area contributed by atoms with E-state index in [2.05, 4.69) is 5.32 Å². The third kappa shape index (κ3) is 3.66. The summed E-state index contributed by atoms with van der Waals surface area (Å²) in [4.78, 5) is 38.6. The van der Waals surface area contributed by atoms with Gasteiger partial charge in [-0.2, -0.15) is 0 Å². The van der Waals surface area contributed by atoms with E-state index in [0.717, 1.165) is 30.6 Å². The average Bonchev–Trinajstić information content (AvgIpc) is 2.89. The maximum Gasteiger partial charge on any atom is 0.240 e. The number of nitrogens with one attached hydrogen (secondary N) is 1. The number of hydrogen-bond acceptors (Lipinski definition) is 4. The largest absolute Gasteiger partial charge is 0.368 e. The molecule has 0 saturated carbocycles. The highest BCUT2D eigenvalue weighted by molar-refractivity contribution is 5.96. The van der Waals surface area contributed by atoms with Crippen molar-refractivity contribution in [1.82, 2.24) is 10.2 Å². The normalized spacial score (nSPS) is 24.0. The molecule has 2 saturated heterocycles. The lowest BCUT2D eigenvalue weighted by molar-refractivity contribution is -0.133. The molecule has 133 valence electrons. The maximum absolute atomic E-state index is 12.1. The van der Waals surface area contributed by atoms with E-state index in [1.54, 1.807) is 13.5 Å². The number of primary amides is 1. The predicted molar refractivity (Wildman–Crippen MR) is 93.3 cm³/mol. The van der Waals surface area contributed by atoms with Crippen LogP contribution in [0.25, 0.3) is 0 Å². The number of carbonyl (C=O) groups is 3. The van der Waals surface area contributed by atoms with Crippen LogP contribution in [0.1, 0.15) is 24.8 Å². The number of benzene rings is 1. The van der Waals surface area contributed by atoms with Gasteiger partial charge in [0.2, 0.25) is 17.7 Å². The summed E-state index contributed by atoms with van der Waals surface area (Å²) in [6.07, 6.45) is 4.23. The monoisotopic (exact) mass is 343 g/mol. The molecule has 3 N–H and O–H groups in total. The first-order valence-corrected chi connectivity index (χ1v) is 8.51. The van der Waals surface area contributed by atoms with Crippen LogP contribution in [0.5, 0.6) is 0 Å². The van der Waals surface area contributed by atoms with Gasteiger partial charge in [-0.3, -0.25) is 14.4 Å². The molecule has 2 atom stereocenters. The molecule has 2 aliphatic heterocycles. The highest BCUT2D eigenvalue weighted by atomic mass is 16.2. The second-order valence-electron chi connectivity index (χ2n) is 6.52. The number of carbonyl (C=O) groups excluding carboxylic acids is 3. The molecule has 7 nitrogen and oxygen atoms in total. The molecule has 1 radical (unpaired) electrons. The van der Waals surface area contributed by atoms with Crippen LogP contribution in [-0.2, 0) is 20.9 Å². The van der Waals surface area contributed by atoms with Crippen molar-refractivity contribution in [1.29, 1.82) is 0 Å². The lowest BCUT2D eigenvalue weighted by Crippen LogP contribution is -2.40. The van der Waals surface area contributed by atoms with E-state index >= 15 is 0 Å². The molecule has 3 rings (SSSR count). The Morgan fingerprint density at radius 1 is 1.24 bits per heavy atom. The number of hydrogen-bond donors (Lipinski definition) is 2. The SMILES string of the molecule is CN1C(=O)C(NCc2ccc(N3CCCCC3=O)cc2)[CH]C1C(N)=O. The molecular weight excluding hydrogens is 320 g/mol. The maximum atomic E-state index is 12.1. The predicted octanol–water partition coefficient (Wildman–Crippen LogP) is 0.192. The fourth-order valence-corrected chi connectivity index (χ4v) is 3.29. The van der Waals surface area contributed by atoms with E-state index in [4.69, 9.17) is 5.73 Å². The van der Waals surface area contributed by atoms with Crippen molar-refractivity contribution < 1.29 is 14.4 Å². The summed E-state index contributed by atoms with van der Waals surface area (Å²) in [6.45, 7) is 1.25. The van der Waals surface area contributed by atoms with Gasteiger partial charge in [-0.1, -0.05) is 12.1 Å². The Bertz CT molecular complexity index is 673. The molecule has 3 amide bonds. The number of amides is 3. The molecule has 7 heteroatoms. The van der Waals surface area contributed by atoms with Crippen molar-refractivity contribution >= 4 is 23.4 Å². The Morgan fingerprint density at radius 3 is 2.56 bits per heavy atom. The topological polar surface area (TPSA) is 95.7 Å². The van der Waals surface area contributed by atoms with E-state index in [1.807, 2.05) is 29.2 Å². The van der Waals surface area contributed by atoms with Gasteiger partial charge in [0.05, 0.1) is 6.04 Å². The summed E-state index contributed by atoms with van der Waals surface area (Å²) in [6, 6.07) is 6.55. The standard InChI is InChI=1S/C18H23N4O3/c1-21-15(17(19)24)10-14(18(21)25)20-11-12-5-7-13(8-6-12)22-9-3-2-4-16(22)23/h5-8,10,14-15,20H,2-4,9,11H2,1H3,(H2,19,24). The van der Waals surface area contributed by atoms with Crippen LogP contribution < -0.4 is 16.0 Å². The number of nitrogens with two attached hydrogens (primary N) is 1. The molecule has 2 unspecified atom stereocenters. The van der Waals surface area contributed by atoms with E-state index in [9.17, 15) is 14.4 Å². The van der Waals surface area contributed by atoms with Crippen molar-refractivity contribution in [3.8, 4) is 0 Å². The van der Waals surface area contributed by atoms with Crippen molar-refractivity contribution in [2.75, 3.05) is 18.5 Å². The Labute approximate surface area is 147 Å². The Hall–Kier alpha value is -2.41. The van der Waals surface area contributed by atoms with Crippen LogP contribution in [0, 0.1) is 6.42 Å². The van der Waals surface area contributed by atoms with Gasteiger partial charge in [-0.05, 0) is 30.5 Å². The molecule has 0 aromatic heterocycles. The van der Waals surface area contributed by atoms with Gasteiger partial charge in [0.25, 0.3) is 0 Å². The van der Waals surface area contributed by atoms with Crippen molar-refractivity contribution in [3.05, 3.63) is 36.2 Å². The van der Waals surface area contributed by atoms with E-state index in [-0.39, 0.29) is 11.8 Å². The highest BCUT2D eigenvalue weighted by Crippen LogP contribution is 2.22. The van der Waals surface area contributed by atoms with Gasteiger partial charge in [0.1, 0.15) is 6.04 Å². The molecule has 1 aromatic carbocycles. The Kier molecular flexibility index (Phi) is 5.03. The molecular formula is C18H23N4O3. The van der Waals surface area contributed by atoms with Crippen LogP contribution in [0.4, 0.5) is 5.69 Å². The lowest BCUT2D eigenvalue weighted by Gasteiger charge is -2.26. The summed E-state index contributed by atoms with van der Waals surface area (Å²) in [7, 11) is 1.57. The second kappa shape index (κ2) is 7.23. The van der Waals surface area contributed by atoms with Gasteiger partial charge in [0, 0.05) is 38.7 Å². The molecule has 0 spiro atoms. The van der Waals surface area contributed by atoms with Crippen molar-refractivity contribution in [2.24, 2.45) is 5.73 Å². The van der Waals surface area contributed by atoms with Crippen LogP contribution in [0.15, 0.2) is 24.3 Å². The van der Waals surface area contributed by atoms with Crippen LogP contribution >= 0.6 is 0 Å².